The number of benzene rings is 1. The Morgan fingerprint density at radius 3 is 2.75 bits per heavy atom. The Morgan fingerprint density at radius 2 is 2.19 bits per heavy atom. The van der Waals surface area contributed by atoms with Crippen molar-refractivity contribution in [1.82, 2.24) is 0 Å². The first-order valence-corrected chi connectivity index (χ1v) is 6.11. The molecule has 0 aliphatic heterocycles. The van der Waals surface area contributed by atoms with E-state index in [1.165, 1.54) is 0 Å². The topological polar surface area (TPSA) is 55.1 Å². The SMILES string of the molecule is CSc1cccc(NC(=O)C2(N)CC2)c1.Cl. The van der Waals surface area contributed by atoms with Gasteiger partial charge in [0.05, 0.1) is 5.54 Å². The van der Waals surface area contributed by atoms with Crippen LogP contribution in [0, 0.1) is 0 Å². The smallest absolute Gasteiger partial charge is 0.244 e. The second-order valence-corrected chi connectivity index (χ2v) is 4.72. The maximum atomic E-state index is 11.7. The van der Waals surface area contributed by atoms with Gasteiger partial charge in [0.25, 0.3) is 0 Å². The minimum absolute atomic E-state index is 0. The molecule has 0 spiro atoms. The van der Waals surface area contributed by atoms with Crippen LogP contribution in [-0.2, 0) is 4.79 Å². The molecule has 0 saturated heterocycles. The predicted octanol–water partition coefficient (Wildman–Crippen LogP) is 2.26. The van der Waals surface area contributed by atoms with Gasteiger partial charge in [0.2, 0.25) is 5.91 Å². The van der Waals surface area contributed by atoms with Crippen molar-refractivity contribution in [3.05, 3.63) is 24.3 Å². The van der Waals surface area contributed by atoms with Crippen LogP contribution in [0.25, 0.3) is 0 Å². The van der Waals surface area contributed by atoms with Crippen molar-refractivity contribution in [3.8, 4) is 0 Å². The van der Waals surface area contributed by atoms with Crippen molar-refractivity contribution < 1.29 is 4.79 Å². The van der Waals surface area contributed by atoms with Crippen molar-refractivity contribution in [1.29, 1.82) is 0 Å². The number of hydrogen-bond donors (Lipinski definition) is 2. The summed E-state index contributed by atoms with van der Waals surface area (Å²) in [4.78, 5) is 12.8. The fraction of sp³-hybridized carbons (Fsp3) is 0.364. The van der Waals surface area contributed by atoms with Crippen LogP contribution in [0.5, 0.6) is 0 Å². The number of thioether (sulfide) groups is 1. The second-order valence-electron chi connectivity index (χ2n) is 3.84. The van der Waals surface area contributed by atoms with Gasteiger partial charge in [-0.25, -0.2) is 0 Å². The lowest BCUT2D eigenvalue weighted by Gasteiger charge is -2.10. The summed E-state index contributed by atoms with van der Waals surface area (Å²) in [6.45, 7) is 0. The minimum atomic E-state index is -0.602. The van der Waals surface area contributed by atoms with Crippen LogP contribution < -0.4 is 11.1 Å². The molecule has 2 rings (SSSR count). The Labute approximate surface area is 106 Å². The van der Waals surface area contributed by atoms with Gasteiger partial charge in [-0.1, -0.05) is 6.07 Å². The summed E-state index contributed by atoms with van der Waals surface area (Å²) in [7, 11) is 0. The Bertz CT molecular complexity index is 393. The van der Waals surface area contributed by atoms with E-state index < -0.39 is 5.54 Å². The molecule has 88 valence electrons. The third-order valence-electron chi connectivity index (χ3n) is 2.57. The van der Waals surface area contributed by atoms with Crippen molar-refractivity contribution in [2.24, 2.45) is 5.73 Å². The molecule has 1 aromatic carbocycles. The molecular formula is C11H15ClN2OS. The summed E-state index contributed by atoms with van der Waals surface area (Å²) >= 11 is 1.65. The largest absolute Gasteiger partial charge is 0.324 e. The van der Waals surface area contributed by atoms with Gasteiger partial charge >= 0.3 is 0 Å². The van der Waals surface area contributed by atoms with Gasteiger partial charge < -0.3 is 11.1 Å². The van der Waals surface area contributed by atoms with E-state index in [9.17, 15) is 4.79 Å². The summed E-state index contributed by atoms with van der Waals surface area (Å²) in [5, 5.41) is 2.84. The third kappa shape index (κ3) is 2.90. The maximum absolute atomic E-state index is 11.7. The van der Waals surface area contributed by atoms with Gasteiger partial charge in [-0.2, -0.15) is 0 Å². The average molecular weight is 259 g/mol. The zero-order chi connectivity index (χ0) is 10.9. The second kappa shape index (κ2) is 5.08. The van der Waals surface area contributed by atoms with E-state index in [-0.39, 0.29) is 18.3 Å². The molecule has 1 aliphatic rings. The van der Waals surface area contributed by atoms with E-state index in [1.54, 1.807) is 11.8 Å². The van der Waals surface area contributed by atoms with E-state index in [0.717, 1.165) is 23.4 Å². The van der Waals surface area contributed by atoms with Crippen molar-refractivity contribution >= 4 is 35.8 Å². The maximum Gasteiger partial charge on any atom is 0.244 e. The molecule has 0 aromatic heterocycles. The summed E-state index contributed by atoms with van der Waals surface area (Å²) in [6, 6.07) is 7.77. The molecule has 1 saturated carbocycles. The molecule has 0 radical (unpaired) electrons. The molecule has 3 N–H and O–H groups in total. The van der Waals surface area contributed by atoms with Crippen molar-refractivity contribution in [2.45, 2.75) is 23.3 Å². The highest BCUT2D eigenvalue weighted by Gasteiger charge is 2.45. The highest BCUT2D eigenvalue weighted by molar-refractivity contribution is 7.98. The van der Waals surface area contributed by atoms with Crippen LogP contribution in [0.15, 0.2) is 29.2 Å². The molecule has 0 atom stereocenters. The molecule has 1 aliphatic carbocycles. The molecule has 16 heavy (non-hydrogen) atoms. The quantitative estimate of drug-likeness (QED) is 0.818. The van der Waals surface area contributed by atoms with Gasteiger partial charge in [-0.3, -0.25) is 4.79 Å². The number of nitrogens with one attached hydrogen (secondary N) is 1. The number of anilines is 1. The fourth-order valence-electron chi connectivity index (χ4n) is 1.32. The number of nitrogens with two attached hydrogens (primary N) is 1. The Hall–Kier alpha value is -0.710. The average Bonchev–Trinajstić information content (AvgIpc) is 2.98. The van der Waals surface area contributed by atoms with E-state index in [0.29, 0.717) is 0 Å². The summed E-state index contributed by atoms with van der Waals surface area (Å²) < 4.78 is 0. The van der Waals surface area contributed by atoms with Gasteiger partial charge in [0.1, 0.15) is 0 Å². The summed E-state index contributed by atoms with van der Waals surface area (Å²) in [5.74, 6) is -0.0687. The van der Waals surface area contributed by atoms with Crippen molar-refractivity contribution in [3.63, 3.8) is 0 Å². The van der Waals surface area contributed by atoms with Gasteiger partial charge in [-0.15, -0.1) is 24.2 Å². The van der Waals surface area contributed by atoms with Gasteiger partial charge in [0, 0.05) is 10.6 Å². The first kappa shape index (κ1) is 13.4. The lowest BCUT2D eigenvalue weighted by Crippen LogP contribution is -2.37. The Morgan fingerprint density at radius 1 is 1.50 bits per heavy atom. The number of halogens is 1. The van der Waals surface area contributed by atoms with E-state index in [1.807, 2.05) is 30.5 Å². The molecule has 0 bridgehead atoms. The zero-order valence-corrected chi connectivity index (χ0v) is 10.7. The first-order valence-electron chi connectivity index (χ1n) is 4.88. The number of carbonyl (C=O) groups is 1. The van der Waals surface area contributed by atoms with Crippen LogP contribution in [-0.4, -0.2) is 17.7 Å². The van der Waals surface area contributed by atoms with Crippen LogP contribution in [0.3, 0.4) is 0 Å². The molecule has 3 nitrogen and oxygen atoms in total. The molecule has 1 fully saturated rings. The lowest BCUT2D eigenvalue weighted by atomic mass is 10.2. The molecule has 0 heterocycles. The number of amides is 1. The number of rotatable bonds is 3. The van der Waals surface area contributed by atoms with E-state index in [4.69, 9.17) is 5.73 Å². The van der Waals surface area contributed by atoms with E-state index >= 15 is 0 Å². The Kier molecular flexibility index (Phi) is 4.24. The third-order valence-corrected chi connectivity index (χ3v) is 3.29. The highest BCUT2D eigenvalue weighted by atomic mass is 35.5. The molecule has 5 heteroatoms. The van der Waals surface area contributed by atoms with Crippen molar-refractivity contribution in [2.75, 3.05) is 11.6 Å². The normalized spacial score (nSPS) is 16.1. The highest BCUT2D eigenvalue weighted by Crippen LogP contribution is 2.33. The number of hydrogen-bond acceptors (Lipinski definition) is 3. The molecular weight excluding hydrogens is 244 g/mol. The first-order chi connectivity index (χ1) is 7.14. The minimum Gasteiger partial charge on any atom is -0.324 e. The standard InChI is InChI=1S/C11H14N2OS.ClH/c1-15-9-4-2-3-8(7-9)13-10(14)11(12)5-6-11;/h2-4,7H,5-6,12H2,1H3,(H,13,14);1H. The van der Waals surface area contributed by atoms with E-state index in [2.05, 4.69) is 5.32 Å². The summed E-state index contributed by atoms with van der Waals surface area (Å²) in [6.07, 6.45) is 3.59. The monoisotopic (exact) mass is 258 g/mol. The van der Waals surface area contributed by atoms with Crippen LogP contribution >= 0.6 is 24.2 Å². The predicted molar refractivity (Wildman–Crippen MR) is 70.3 cm³/mol. The summed E-state index contributed by atoms with van der Waals surface area (Å²) in [5.41, 5.74) is 6.01. The van der Waals surface area contributed by atoms with Crippen LogP contribution in [0.4, 0.5) is 5.69 Å². The van der Waals surface area contributed by atoms with Gasteiger partial charge in [-0.05, 0) is 37.3 Å². The molecule has 0 unspecified atom stereocenters. The zero-order valence-electron chi connectivity index (χ0n) is 9.03. The fourth-order valence-corrected chi connectivity index (χ4v) is 1.78. The van der Waals surface area contributed by atoms with Crippen LogP contribution in [0.2, 0.25) is 0 Å². The Balaban J connectivity index is 0.00000128. The van der Waals surface area contributed by atoms with Gasteiger partial charge in [0.15, 0.2) is 0 Å². The van der Waals surface area contributed by atoms with Crippen LogP contribution in [0.1, 0.15) is 12.8 Å². The number of carbonyl (C=O) groups excluding carboxylic acids is 1. The molecule has 1 aromatic rings. The molecule has 1 amide bonds. The lowest BCUT2D eigenvalue weighted by molar-refractivity contribution is -0.118.